The van der Waals surface area contributed by atoms with Crippen LogP contribution < -0.4 is 10.6 Å². The number of phenols is 2. The lowest BCUT2D eigenvalue weighted by Gasteiger charge is -2.15. The molecule has 0 aromatic heterocycles. The van der Waals surface area contributed by atoms with Crippen LogP contribution in [0.5, 0.6) is 11.5 Å². The van der Waals surface area contributed by atoms with Crippen molar-refractivity contribution in [2.45, 2.75) is 0 Å². The Morgan fingerprint density at radius 2 is 0.923 bits per heavy atom. The second kappa shape index (κ2) is 7.72. The second-order valence-corrected chi connectivity index (χ2v) is 6.96. The second-order valence-electron chi connectivity index (χ2n) is 5.33. The summed E-state index contributed by atoms with van der Waals surface area (Å²) in [5.74, 6) is -0.181. The molecule has 0 heterocycles. The molecule has 0 aliphatic carbocycles. The van der Waals surface area contributed by atoms with Crippen molar-refractivity contribution < 1.29 is 10.2 Å². The van der Waals surface area contributed by atoms with Gasteiger partial charge in [0.05, 0.1) is 42.8 Å². The van der Waals surface area contributed by atoms with Gasteiger partial charge in [-0.2, -0.15) is 0 Å². The molecular formula is C18H12Cl4N2O2. The third-order valence-electron chi connectivity index (χ3n) is 3.57. The summed E-state index contributed by atoms with van der Waals surface area (Å²) >= 11 is 24.4. The number of rotatable bonds is 4. The third kappa shape index (κ3) is 3.89. The Hall–Kier alpha value is -1.98. The van der Waals surface area contributed by atoms with Crippen molar-refractivity contribution >= 4 is 69.2 Å². The summed E-state index contributed by atoms with van der Waals surface area (Å²) in [6.07, 6.45) is 0. The van der Waals surface area contributed by atoms with E-state index < -0.39 is 0 Å². The summed E-state index contributed by atoms with van der Waals surface area (Å²) < 4.78 is 0. The van der Waals surface area contributed by atoms with Crippen molar-refractivity contribution in [1.29, 1.82) is 0 Å². The topological polar surface area (TPSA) is 64.5 Å². The summed E-state index contributed by atoms with van der Waals surface area (Å²) in [5, 5.41) is 27.1. The Kier molecular flexibility index (Phi) is 5.58. The van der Waals surface area contributed by atoms with E-state index in [4.69, 9.17) is 46.4 Å². The Morgan fingerprint density at radius 1 is 0.538 bits per heavy atom. The zero-order valence-corrected chi connectivity index (χ0v) is 16.0. The van der Waals surface area contributed by atoms with Gasteiger partial charge in [0.15, 0.2) is 11.5 Å². The zero-order valence-electron chi connectivity index (χ0n) is 13.0. The average Bonchev–Trinajstić information content (AvgIpc) is 2.60. The molecule has 3 rings (SSSR count). The number of halogens is 4. The maximum absolute atomic E-state index is 10.0. The number of nitrogens with one attached hydrogen (secondary N) is 2. The van der Waals surface area contributed by atoms with Crippen molar-refractivity contribution in [1.82, 2.24) is 0 Å². The number of anilines is 4. The van der Waals surface area contributed by atoms with Gasteiger partial charge in [0.1, 0.15) is 0 Å². The molecule has 0 aliphatic rings. The maximum Gasteiger partial charge on any atom is 0.157 e. The van der Waals surface area contributed by atoms with Crippen molar-refractivity contribution in [3.05, 3.63) is 68.6 Å². The highest BCUT2D eigenvalue weighted by atomic mass is 35.5. The van der Waals surface area contributed by atoms with E-state index in [9.17, 15) is 10.2 Å². The first-order chi connectivity index (χ1) is 12.4. The van der Waals surface area contributed by atoms with E-state index in [1.165, 1.54) is 0 Å². The molecule has 3 aromatic rings. The van der Waals surface area contributed by atoms with E-state index in [-0.39, 0.29) is 21.5 Å². The highest BCUT2D eigenvalue weighted by molar-refractivity contribution is 6.37. The number of para-hydroxylation sites is 2. The molecule has 0 spiro atoms. The van der Waals surface area contributed by atoms with Gasteiger partial charge in [-0.15, -0.1) is 0 Å². The lowest BCUT2D eigenvalue weighted by atomic mass is 10.2. The van der Waals surface area contributed by atoms with Gasteiger partial charge in [0, 0.05) is 0 Å². The molecule has 0 saturated heterocycles. The van der Waals surface area contributed by atoms with Gasteiger partial charge in [-0.05, 0) is 36.4 Å². The molecule has 0 unspecified atom stereocenters. The Labute approximate surface area is 169 Å². The SMILES string of the molecule is Oc1c(Cl)cccc1Nc1cc(Cl)c(Nc2cccc(Cl)c2O)cc1Cl. The Morgan fingerprint density at radius 3 is 1.31 bits per heavy atom. The van der Waals surface area contributed by atoms with Crippen molar-refractivity contribution in [2.75, 3.05) is 10.6 Å². The third-order valence-corrected chi connectivity index (χ3v) is 4.80. The minimum absolute atomic E-state index is 0.0904. The predicted molar refractivity (Wildman–Crippen MR) is 109 cm³/mol. The fourth-order valence-electron chi connectivity index (χ4n) is 2.26. The van der Waals surface area contributed by atoms with Crippen LogP contribution in [-0.2, 0) is 0 Å². The molecule has 134 valence electrons. The van der Waals surface area contributed by atoms with E-state index >= 15 is 0 Å². The minimum atomic E-state index is -0.0904. The van der Waals surface area contributed by atoms with Crippen LogP contribution in [0.25, 0.3) is 0 Å². The zero-order chi connectivity index (χ0) is 18.8. The van der Waals surface area contributed by atoms with Crippen LogP contribution in [0.15, 0.2) is 48.5 Å². The van der Waals surface area contributed by atoms with Crippen molar-refractivity contribution in [3.63, 3.8) is 0 Å². The highest BCUT2D eigenvalue weighted by Crippen LogP contribution is 2.40. The van der Waals surface area contributed by atoms with Gasteiger partial charge in [0.25, 0.3) is 0 Å². The fourth-order valence-corrected chi connectivity index (χ4v) is 3.03. The molecule has 26 heavy (non-hydrogen) atoms. The molecule has 4 nitrogen and oxygen atoms in total. The van der Waals surface area contributed by atoms with Crippen LogP contribution in [0.4, 0.5) is 22.7 Å². The van der Waals surface area contributed by atoms with Gasteiger partial charge in [-0.3, -0.25) is 0 Å². The normalized spacial score (nSPS) is 10.6. The molecule has 0 radical (unpaired) electrons. The van der Waals surface area contributed by atoms with Crippen molar-refractivity contribution in [3.8, 4) is 11.5 Å². The fraction of sp³-hybridized carbons (Fsp3) is 0. The van der Waals surface area contributed by atoms with Crippen LogP contribution >= 0.6 is 46.4 Å². The van der Waals surface area contributed by atoms with Gasteiger partial charge in [-0.1, -0.05) is 58.5 Å². The van der Waals surface area contributed by atoms with E-state index in [1.807, 2.05) is 0 Å². The summed E-state index contributed by atoms with van der Waals surface area (Å²) in [6.45, 7) is 0. The van der Waals surface area contributed by atoms with Crippen LogP contribution in [0.3, 0.4) is 0 Å². The lowest BCUT2D eigenvalue weighted by molar-refractivity contribution is 0.477. The molecule has 0 saturated carbocycles. The first-order valence-corrected chi connectivity index (χ1v) is 8.86. The van der Waals surface area contributed by atoms with E-state index in [0.29, 0.717) is 32.8 Å². The molecule has 4 N–H and O–H groups in total. The van der Waals surface area contributed by atoms with E-state index in [1.54, 1.807) is 48.5 Å². The molecule has 0 aliphatic heterocycles. The van der Waals surface area contributed by atoms with Crippen LogP contribution in [0, 0.1) is 0 Å². The van der Waals surface area contributed by atoms with Gasteiger partial charge >= 0.3 is 0 Å². The molecule has 3 aromatic carbocycles. The molecule has 8 heteroatoms. The summed E-state index contributed by atoms with van der Waals surface area (Å²) in [6, 6.07) is 13.0. The van der Waals surface area contributed by atoms with E-state index in [2.05, 4.69) is 10.6 Å². The summed E-state index contributed by atoms with van der Waals surface area (Å²) in [5.41, 5.74) is 1.75. The van der Waals surface area contributed by atoms with Crippen LogP contribution in [0.2, 0.25) is 20.1 Å². The monoisotopic (exact) mass is 428 g/mol. The number of hydrogen-bond acceptors (Lipinski definition) is 4. The largest absolute Gasteiger partial charge is 0.504 e. The first-order valence-electron chi connectivity index (χ1n) is 7.35. The average molecular weight is 430 g/mol. The predicted octanol–water partition coefficient (Wildman–Crippen LogP) is 7.20. The quantitative estimate of drug-likeness (QED) is 0.331. The van der Waals surface area contributed by atoms with Crippen LogP contribution in [0.1, 0.15) is 0 Å². The standard InChI is InChI=1S/C18H12Cl4N2O2/c19-9-3-1-5-13(17(9)25)23-15-7-12(22)16(8-11(15)21)24-14-6-2-4-10(20)18(14)26/h1-8,23-26H. The highest BCUT2D eigenvalue weighted by Gasteiger charge is 2.13. The number of hydrogen-bond donors (Lipinski definition) is 4. The van der Waals surface area contributed by atoms with Gasteiger partial charge in [-0.25, -0.2) is 0 Å². The van der Waals surface area contributed by atoms with Crippen LogP contribution in [-0.4, -0.2) is 10.2 Å². The minimum Gasteiger partial charge on any atom is -0.504 e. The maximum atomic E-state index is 10.0. The van der Waals surface area contributed by atoms with Crippen molar-refractivity contribution in [2.24, 2.45) is 0 Å². The van der Waals surface area contributed by atoms with Gasteiger partial charge < -0.3 is 20.8 Å². The molecule has 0 atom stereocenters. The van der Waals surface area contributed by atoms with E-state index in [0.717, 1.165) is 0 Å². The summed E-state index contributed by atoms with van der Waals surface area (Å²) in [4.78, 5) is 0. The van der Waals surface area contributed by atoms with Gasteiger partial charge in [0.2, 0.25) is 0 Å². The number of benzene rings is 3. The molecule has 0 bridgehead atoms. The molecule has 0 fully saturated rings. The lowest BCUT2D eigenvalue weighted by Crippen LogP contribution is -1.96. The smallest absolute Gasteiger partial charge is 0.157 e. The Balaban J connectivity index is 1.91. The molecule has 0 amide bonds. The first kappa shape index (κ1) is 18.8. The number of aromatic hydroxyl groups is 2. The summed E-state index contributed by atoms with van der Waals surface area (Å²) in [7, 11) is 0. The Bertz CT molecular complexity index is 900. The molecular weight excluding hydrogens is 418 g/mol. The number of phenolic OH excluding ortho intramolecular Hbond substituents is 2.